The summed E-state index contributed by atoms with van der Waals surface area (Å²) < 4.78 is 29.6. The number of ether oxygens (including phenoxy) is 2. The van der Waals surface area contributed by atoms with Crippen LogP contribution in [-0.2, 0) is 17.9 Å². The van der Waals surface area contributed by atoms with E-state index in [1.165, 1.54) is 24.7 Å². The van der Waals surface area contributed by atoms with Crippen molar-refractivity contribution in [1.29, 1.82) is 0 Å². The number of rotatable bonds is 3. The van der Waals surface area contributed by atoms with E-state index in [1.807, 2.05) is 4.90 Å². The summed E-state index contributed by atoms with van der Waals surface area (Å²) in [6.07, 6.45) is 2.97. The highest BCUT2D eigenvalue weighted by molar-refractivity contribution is 5.93. The molecule has 0 spiro atoms. The molecule has 132 valence electrons. The van der Waals surface area contributed by atoms with Crippen LogP contribution >= 0.6 is 0 Å². The summed E-state index contributed by atoms with van der Waals surface area (Å²) in [6, 6.07) is 4.65. The number of nitrogens with zero attached hydrogens (tertiary/aromatic N) is 2. The number of furan rings is 1. The van der Waals surface area contributed by atoms with Gasteiger partial charge in [-0.25, -0.2) is 4.39 Å². The van der Waals surface area contributed by atoms with Crippen molar-refractivity contribution in [2.75, 3.05) is 33.0 Å². The highest BCUT2D eigenvalue weighted by atomic mass is 19.1. The van der Waals surface area contributed by atoms with E-state index in [0.717, 1.165) is 30.0 Å². The lowest BCUT2D eigenvalue weighted by Gasteiger charge is -2.35. The number of carbonyl (C=O) groups is 1. The molecule has 0 atom stereocenters. The van der Waals surface area contributed by atoms with E-state index in [0.29, 0.717) is 31.8 Å². The summed E-state index contributed by atoms with van der Waals surface area (Å²) in [5, 5.41) is 0. The Morgan fingerprint density at radius 1 is 1.20 bits per heavy atom. The molecule has 1 fully saturated rings. The molecule has 2 aromatic rings. The van der Waals surface area contributed by atoms with Crippen molar-refractivity contribution < 1.29 is 23.1 Å². The molecule has 1 aromatic heterocycles. The highest BCUT2D eigenvalue weighted by Crippen LogP contribution is 2.30. The topological polar surface area (TPSA) is 55.2 Å². The fraction of sp³-hybridized carbons (Fsp3) is 0.389. The molecule has 0 unspecified atom stereocenters. The maximum Gasteiger partial charge on any atom is 0.257 e. The number of benzene rings is 1. The van der Waals surface area contributed by atoms with Gasteiger partial charge in [0.25, 0.3) is 5.91 Å². The molecule has 1 amide bonds. The summed E-state index contributed by atoms with van der Waals surface area (Å²) in [5.74, 6) is 0.429. The molecule has 25 heavy (non-hydrogen) atoms. The van der Waals surface area contributed by atoms with Gasteiger partial charge in [-0.3, -0.25) is 9.69 Å². The van der Waals surface area contributed by atoms with E-state index >= 15 is 0 Å². The Bertz CT molecular complexity index is 755. The third kappa shape index (κ3) is 3.38. The number of halogens is 1. The van der Waals surface area contributed by atoms with Crippen LogP contribution in [0.4, 0.5) is 4.39 Å². The third-order valence-corrected chi connectivity index (χ3v) is 4.57. The molecule has 0 N–H and O–H groups in total. The Hall–Kier alpha value is -2.38. The average molecular weight is 346 g/mol. The first-order chi connectivity index (χ1) is 12.2. The predicted molar refractivity (Wildman–Crippen MR) is 86.6 cm³/mol. The molecule has 0 radical (unpaired) electrons. The van der Waals surface area contributed by atoms with Crippen LogP contribution in [0.1, 0.15) is 21.5 Å². The van der Waals surface area contributed by atoms with Crippen molar-refractivity contribution in [2.24, 2.45) is 0 Å². The maximum absolute atomic E-state index is 13.8. The minimum Gasteiger partial charge on any atom is -0.472 e. The largest absolute Gasteiger partial charge is 0.472 e. The normalized spacial score (nSPS) is 17.9. The Balaban J connectivity index is 1.41. The first-order valence-corrected chi connectivity index (χ1v) is 8.26. The first-order valence-electron chi connectivity index (χ1n) is 8.26. The van der Waals surface area contributed by atoms with Crippen LogP contribution in [0.3, 0.4) is 0 Å². The smallest absolute Gasteiger partial charge is 0.257 e. The Morgan fingerprint density at radius 2 is 2.04 bits per heavy atom. The quantitative estimate of drug-likeness (QED) is 0.853. The highest BCUT2D eigenvalue weighted by Gasteiger charge is 2.24. The van der Waals surface area contributed by atoms with Crippen molar-refractivity contribution in [3.63, 3.8) is 0 Å². The number of amides is 1. The predicted octanol–water partition coefficient (Wildman–Crippen LogP) is 2.24. The average Bonchev–Trinajstić information content (AvgIpc) is 3.16. The fourth-order valence-corrected chi connectivity index (χ4v) is 3.29. The fourth-order valence-electron chi connectivity index (χ4n) is 3.29. The Morgan fingerprint density at radius 3 is 2.80 bits per heavy atom. The van der Waals surface area contributed by atoms with Gasteiger partial charge in [0.05, 0.1) is 18.4 Å². The molecule has 6 nitrogen and oxygen atoms in total. The zero-order valence-electron chi connectivity index (χ0n) is 13.7. The zero-order chi connectivity index (χ0) is 17.2. The number of carbonyl (C=O) groups excluding carboxylic acids is 1. The van der Waals surface area contributed by atoms with Crippen LogP contribution in [-0.4, -0.2) is 48.7 Å². The van der Waals surface area contributed by atoms with Gasteiger partial charge < -0.3 is 18.8 Å². The van der Waals surface area contributed by atoms with Gasteiger partial charge in [0, 0.05) is 43.9 Å². The van der Waals surface area contributed by atoms with Crippen LogP contribution in [0, 0.1) is 5.82 Å². The molecule has 1 aromatic carbocycles. The summed E-state index contributed by atoms with van der Waals surface area (Å²) >= 11 is 0. The summed E-state index contributed by atoms with van der Waals surface area (Å²) in [7, 11) is 0. The Labute approximate surface area is 144 Å². The monoisotopic (exact) mass is 346 g/mol. The minimum atomic E-state index is -0.281. The van der Waals surface area contributed by atoms with E-state index in [9.17, 15) is 9.18 Å². The van der Waals surface area contributed by atoms with Crippen molar-refractivity contribution in [2.45, 2.75) is 13.2 Å². The maximum atomic E-state index is 13.8. The van der Waals surface area contributed by atoms with Gasteiger partial charge in [0.2, 0.25) is 0 Å². The molecule has 0 saturated carbocycles. The number of fused-ring (bicyclic) bond motifs is 1. The molecule has 2 aliphatic rings. The van der Waals surface area contributed by atoms with E-state index in [1.54, 1.807) is 6.07 Å². The molecule has 4 rings (SSSR count). The van der Waals surface area contributed by atoms with Crippen LogP contribution in [0.15, 0.2) is 35.1 Å². The molecule has 3 heterocycles. The second-order valence-electron chi connectivity index (χ2n) is 6.24. The number of hydrogen-bond acceptors (Lipinski definition) is 5. The van der Waals surface area contributed by atoms with Gasteiger partial charge in [0.1, 0.15) is 17.8 Å². The van der Waals surface area contributed by atoms with Gasteiger partial charge in [-0.1, -0.05) is 0 Å². The molecular weight excluding hydrogens is 327 g/mol. The van der Waals surface area contributed by atoms with Crippen molar-refractivity contribution in [3.05, 3.63) is 53.2 Å². The van der Waals surface area contributed by atoms with E-state index in [4.69, 9.17) is 13.9 Å². The third-order valence-electron chi connectivity index (χ3n) is 4.57. The van der Waals surface area contributed by atoms with Gasteiger partial charge in [-0.05, 0) is 18.2 Å². The molecule has 2 aliphatic heterocycles. The van der Waals surface area contributed by atoms with Crippen LogP contribution < -0.4 is 4.74 Å². The van der Waals surface area contributed by atoms with Crippen LogP contribution in [0.25, 0.3) is 0 Å². The minimum absolute atomic E-state index is 0.0167. The number of hydrogen-bond donors (Lipinski definition) is 0. The lowest BCUT2D eigenvalue weighted by molar-refractivity contribution is -0.0178. The molecule has 0 aliphatic carbocycles. The van der Waals surface area contributed by atoms with Crippen LogP contribution in [0.5, 0.6) is 5.75 Å². The molecule has 7 heteroatoms. The van der Waals surface area contributed by atoms with Gasteiger partial charge in [-0.15, -0.1) is 0 Å². The van der Waals surface area contributed by atoms with Gasteiger partial charge in [-0.2, -0.15) is 0 Å². The lowest BCUT2D eigenvalue weighted by Crippen LogP contribution is -2.48. The Kier molecular flexibility index (Phi) is 4.42. The SMILES string of the molecule is O=C(c1ccoc1)N1CCN(Cc2cc(F)cc3c2OCOC3)CC1. The second-order valence-corrected chi connectivity index (χ2v) is 6.24. The van der Waals surface area contributed by atoms with E-state index in [2.05, 4.69) is 4.90 Å². The zero-order valence-corrected chi connectivity index (χ0v) is 13.7. The molecular formula is C18H19FN2O4. The van der Waals surface area contributed by atoms with Gasteiger partial charge >= 0.3 is 0 Å². The summed E-state index contributed by atoms with van der Waals surface area (Å²) in [6.45, 7) is 3.87. The van der Waals surface area contributed by atoms with Crippen molar-refractivity contribution in [1.82, 2.24) is 9.80 Å². The summed E-state index contributed by atoms with van der Waals surface area (Å²) in [4.78, 5) is 16.3. The number of piperazine rings is 1. The van der Waals surface area contributed by atoms with Crippen molar-refractivity contribution >= 4 is 5.91 Å². The molecule has 0 bridgehead atoms. The molecule has 1 saturated heterocycles. The van der Waals surface area contributed by atoms with E-state index in [-0.39, 0.29) is 18.5 Å². The second kappa shape index (κ2) is 6.85. The first kappa shape index (κ1) is 16.1. The summed E-state index contributed by atoms with van der Waals surface area (Å²) in [5.41, 5.74) is 2.14. The lowest BCUT2D eigenvalue weighted by atomic mass is 10.1. The van der Waals surface area contributed by atoms with E-state index < -0.39 is 0 Å². The van der Waals surface area contributed by atoms with Crippen molar-refractivity contribution in [3.8, 4) is 5.75 Å². The standard InChI is InChI=1S/C18H19FN2O4/c19-16-7-14(17-15(8-16)11-24-12-25-17)9-20-2-4-21(5-3-20)18(22)13-1-6-23-10-13/h1,6-8,10H,2-5,9,11-12H2. The van der Waals surface area contributed by atoms with Crippen LogP contribution in [0.2, 0.25) is 0 Å². The van der Waals surface area contributed by atoms with Gasteiger partial charge in [0.15, 0.2) is 6.79 Å².